The van der Waals surface area contributed by atoms with Gasteiger partial charge in [-0.25, -0.2) is 8.42 Å². The lowest BCUT2D eigenvalue weighted by Gasteiger charge is -2.34. The number of benzene rings is 2. The summed E-state index contributed by atoms with van der Waals surface area (Å²) in [4.78, 5) is 14.6. The Hall–Kier alpha value is -3.17. The Balaban J connectivity index is 1.48. The highest BCUT2D eigenvalue weighted by atomic mass is 32.2. The molecule has 2 heterocycles. The van der Waals surface area contributed by atoms with Gasteiger partial charge in [0.1, 0.15) is 11.6 Å². The Bertz CT molecular complexity index is 1230. The molecule has 0 N–H and O–H groups in total. The van der Waals surface area contributed by atoms with Crippen LogP contribution in [0.15, 0.2) is 70.4 Å². The van der Waals surface area contributed by atoms with E-state index >= 15 is 0 Å². The van der Waals surface area contributed by atoms with Crippen LogP contribution < -0.4 is 15.2 Å². The average Bonchev–Trinajstić information content (AvgIpc) is 2.81. The van der Waals surface area contributed by atoms with E-state index in [1.54, 1.807) is 30.3 Å². The molecule has 1 saturated heterocycles. The van der Waals surface area contributed by atoms with E-state index in [4.69, 9.17) is 4.74 Å². The van der Waals surface area contributed by atoms with Crippen LogP contribution >= 0.6 is 0 Å². The largest absolute Gasteiger partial charge is 0.494 e. The van der Waals surface area contributed by atoms with Gasteiger partial charge in [0, 0.05) is 32.2 Å². The number of rotatable bonds is 6. The maximum atomic E-state index is 13.0. The fraction of sp³-hybridized carbons (Fsp3) is 0.304. The molecule has 4 rings (SSSR count). The molecule has 1 aliphatic heterocycles. The van der Waals surface area contributed by atoms with Crippen LogP contribution in [-0.2, 0) is 10.0 Å². The first-order chi connectivity index (χ1) is 15.4. The minimum Gasteiger partial charge on any atom is -0.494 e. The SMILES string of the molecule is CCOc1ccc(S(=O)(=O)N2CCN(c3ccc(=O)n(-c4ccc(C)cc4)n3)CC2)cc1. The van der Waals surface area contributed by atoms with Crippen LogP contribution in [0.4, 0.5) is 5.82 Å². The molecule has 1 fully saturated rings. The van der Waals surface area contributed by atoms with Crippen LogP contribution in [0.2, 0.25) is 0 Å². The van der Waals surface area contributed by atoms with Crippen molar-refractivity contribution in [3.8, 4) is 11.4 Å². The van der Waals surface area contributed by atoms with Gasteiger partial charge in [0.25, 0.3) is 5.56 Å². The molecular formula is C23H26N4O4S. The van der Waals surface area contributed by atoms with Gasteiger partial charge in [0.2, 0.25) is 10.0 Å². The second-order valence-electron chi connectivity index (χ2n) is 7.57. The van der Waals surface area contributed by atoms with Crippen LogP contribution in [-0.4, -0.2) is 55.3 Å². The maximum Gasteiger partial charge on any atom is 0.271 e. The molecule has 32 heavy (non-hydrogen) atoms. The summed E-state index contributed by atoms with van der Waals surface area (Å²) in [5, 5.41) is 4.52. The zero-order valence-corrected chi connectivity index (χ0v) is 19.0. The highest BCUT2D eigenvalue weighted by Gasteiger charge is 2.29. The first-order valence-corrected chi connectivity index (χ1v) is 12.0. The van der Waals surface area contributed by atoms with Crippen molar-refractivity contribution in [2.24, 2.45) is 0 Å². The van der Waals surface area contributed by atoms with Gasteiger partial charge >= 0.3 is 0 Å². The number of piperazine rings is 1. The number of nitrogens with zero attached hydrogens (tertiary/aromatic N) is 4. The summed E-state index contributed by atoms with van der Waals surface area (Å²) in [6.45, 7) is 6.02. The van der Waals surface area contributed by atoms with E-state index in [1.165, 1.54) is 15.1 Å². The molecule has 8 nitrogen and oxygen atoms in total. The van der Waals surface area contributed by atoms with Crippen LogP contribution in [0.1, 0.15) is 12.5 Å². The Kier molecular flexibility index (Phi) is 6.29. The van der Waals surface area contributed by atoms with Gasteiger partial charge in [-0.15, -0.1) is 5.10 Å². The molecular weight excluding hydrogens is 428 g/mol. The quantitative estimate of drug-likeness (QED) is 0.569. The summed E-state index contributed by atoms with van der Waals surface area (Å²) in [5.41, 5.74) is 1.58. The van der Waals surface area contributed by atoms with Gasteiger partial charge in [-0.2, -0.15) is 8.99 Å². The van der Waals surface area contributed by atoms with E-state index in [0.29, 0.717) is 50.0 Å². The Labute approximate surface area is 187 Å². The minimum atomic E-state index is -3.59. The molecule has 0 aliphatic carbocycles. The van der Waals surface area contributed by atoms with E-state index in [2.05, 4.69) is 5.10 Å². The molecule has 1 aromatic heterocycles. The fourth-order valence-corrected chi connectivity index (χ4v) is 5.04. The highest BCUT2D eigenvalue weighted by Crippen LogP contribution is 2.22. The number of hydrogen-bond acceptors (Lipinski definition) is 6. The second-order valence-corrected chi connectivity index (χ2v) is 9.51. The Morgan fingerprint density at radius 2 is 1.56 bits per heavy atom. The highest BCUT2D eigenvalue weighted by molar-refractivity contribution is 7.89. The molecule has 0 spiro atoms. The normalized spacial score (nSPS) is 15.0. The minimum absolute atomic E-state index is 0.214. The van der Waals surface area contributed by atoms with E-state index < -0.39 is 10.0 Å². The van der Waals surface area contributed by atoms with Crippen molar-refractivity contribution in [2.75, 3.05) is 37.7 Å². The van der Waals surface area contributed by atoms with Gasteiger partial charge in [-0.3, -0.25) is 4.79 Å². The number of hydrogen-bond donors (Lipinski definition) is 0. The maximum absolute atomic E-state index is 13.0. The number of aromatic nitrogens is 2. The summed E-state index contributed by atoms with van der Waals surface area (Å²) in [6.07, 6.45) is 0. The van der Waals surface area contributed by atoms with Crippen molar-refractivity contribution in [1.29, 1.82) is 0 Å². The molecule has 3 aromatic rings. The molecule has 0 radical (unpaired) electrons. The molecule has 1 aliphatic rings. The average molecular weight is 455 g/mol. The molecule has 0 bridgehead atoms. The molecule has 0 saturated carbocycles. The van der Waals surface area contributed by atoms with E-state index in [9.17, 15) is 13.2 Å². The topological polar surface area (TPSA) is 84.7 Å². The predicted molar refractivity (Wildman–Crippen MR) is 123 cm³/mol. The third kappa shape index (κ3) is 4.53. The molecule has 168 valence electrons. The zero-order chi connectivity index (χ0) is 22.7. The summed E-state index contributed by atoms with van der Waals surface area (Å²) in [7, 11) is -3.59. The fourth-order valence-electron chi connectivity index (χ4n) is 3.62. The number of anilines is 1. The van der Waals surface area contributed by atoms with Crippen LogP contribution in [0, 0.1) is 6.92 Å². The van der Waals surface area contributed by atoms with Crippen molar-refractivity contribution in [3.63, 3.8) is 0 Å². The number of aryl methyl sites for hydroxylation is 1. The predicted octanol–water partition coefficient (Wildman–Crippen LogP) is 2.45. The smallest absolute Gasteiger partial charge is 0.271 e. The Morgan fingerprint density at radius 3 is 2.19 bits per heavy atom. The number of sulfonamides is 1. The van der Waals surface area contributed by atoms with Gasteiger partial charge in [-0.05, 0) is 56.3 Å². The van der Waals surface area contributed by atoms with Crippen molar-refractivity contribution in [1.82, 2.24) is 14.1 Å². The van der Waals surface area contributed by atoms with Gasteiger partial charge in [0.05, 0.1) is 17.2 Å². The summed E-state index contributed by atoms with van der Waals surface area (Å²) < 4.78 is 34.3. The van der Waals surface area contributed by atoms with E-state index in [1.807, 2.05) is 43.0 Å². The molecule has 2 aromatic carbocycles. The lowest BCUT2D eigenvalue weighted by molar-refractivity contribution is 0.340. The first-order valence-electron chi connectivity index (χ1n) is 10.5. The van der Waals surface area contributed by atoms with E-state index in [-0.39, 0.29) is 10.5 Å². The van der Waals surface area contributed by atoms with Crippen molar-refractivity contribution in [3.05, 3.63) is 76.6 Å². The standard InChI is InChI=1S/C23H26N4O4S/c1-3-31-20-8-10-21(11-9-20)32(29,30)26-16-14-25(15-17-26)22-12-13-23(28)27(24-22)19-6-4-18(2)5-7-19/h4-13H,3,14-17H2,1-2H3. The lowest BCUT2D eigenvalue weighted by atomic mass is 10.2. The van der Waals surface area contributed by atoms with Crippen molar-refractivity contribution >= 4 is 15.8 Å². The molecule has 0 atom stereocenters. The summed E-state index contributed by atoms with van der Waals surface area (Å²) >= 11 is 0. The van der Waals surface area contributed by atoms with E-state index in [0.717, 1.165) is 5.56 Å². The summed E-state index contributed by atoms with van der Waals surface area (Å²) in [5.74, 6) is 1.29. The molecule has 0 unspecified atom stereocenters. The molecule has 9 heteroatoms. The van der Waals surface area contributed by atoms with Crippen molar-refractivity contribution in [2.45, 2.75) is 18.7 Å². The van der Waals surface area contributed by atoms with Crippen LogP contribution in [0.25, 0.3) is 5.69 Å². The second kappa shape index (κ2) is 9.13. The Morgan fingerprint density at radius 1 is 0.906 bits per heavy atom. The van der Waals surface area contributed by atoms with Gasteiger partial charge in [0.15, 0.2) is 0 Å². The zero-order valence-electron chi connectivity index (χ0n) is 18.1. The van der Waals surface area contributed by atoms with Crippen LogP contribution in [0.5, 0.6) is 5.75 Å². The third-order valence-electron chi connectivity index (χ3n) is 5.40. The summed E-state index contributed by atoms with van der Waals surface area (Å²) in [6, 6.07) is 17.2. The first kappa shape index (κ1) is 22.0. The van der Waals surface area contributed by atoms with Crippen LogP contribution in [0.3, 0.4) is 0 Å². The number of ether oxygens (including phenoxy) is 1. The van der Waals surface area contributed by atoms with Gasteiger partial charge < -0.3 is 9.64 Å². The lowest BCUT2D eigenvalue weighted by Crippen LogP contribution is -2.49. The van der Waals surface area contributed by atoms with Crippen molar-refractivity contribution < 1.29 is 13.2 Å². The third-order valence-corrected chi connectivity index (χ3v) is 7.31. The monoisotopic (exact) mass is 454 g/mol. The molecule has 0 amide bonds. The van der Waals surface area contributed by atoms with Gasteiger partial charge in [-0.1, -0.05) is 17.7 Å².